The smallest absolute Gasteiger partial charge is 0.232 e. The molecular weight excluding hydrogens is 360 g/mol. The van der Waals surface area contributed by atoms with E-state index in [2.05, 4.69) is 5.32 Å². The van der Waals surface area contributed by atoms with E-state index in [0.717, 1.165) is 34.4 Å². The van der Waals surface area contributed by atoms with Crippen LogP contribution in [0.1, 0.15) is 29.2 Å². The molecule has 27 heavy (non-hydrogen) atoms. The van der Waals surface area contributed by atoms with Crippen molar-refractivity contribution in [1.82, 2.24) is 5.32 Å². The van der Waals surface area contributed by atoms with Gasteiger partial charge in [-0.15, -0.1) is 0 Å². The van der Waals surface area contributed by atoms with Crippen LogP contribution >= 0.6 is 0 Å². The molecule has 0 spiro atoms. The summed E-state index contributed by atoms with van der Waals surface area (Å²) >= 11 is 0. The molecule has 6 heteroatoms. The SMILES string of the molecule is CCc1cccc(C)c1N(CCNC(=O)Cc1ccccc1C)S(C)(=O)=O. The molecule has 1 N–H and O–H groups in total. The second-order valence-electron chi connectivity index (χ2n) is 6.72. The fraction of sp³-hybridized carbons (Fsp3) is 0.381. The average molecular weight is 389 g/mol. The first-order valence-electron chi connectivity index (χ1n) is 9.11. The van der Waals surface area contributed by atoms with E-state index in [0.29, 0.717) is 0 Å². The number of carbonyl (C=O) groups is 1. The summed E-state index contributed by atoms with van der Waals surface area (Å²) in [5.41, 5.74) is 4.65. The molecule has 0 aliphatic rings. The van der Waals surface area contributed by atoms with Crippen molar-refractivity contribution >= 4 is 21.6 Å². The van der Waals surface area contributed by atoms with Crippen molar-refractivity contribution in [1.29, 1.82) is 0 Å². The summed E-state index contributed by atoms with van der Waals surface area (Å²) in [5, 5.41) is 2.84. The third kappa shape index (κ3) is 5.57. The minimum absolute atomic E-state index is 0.113. The van der Waals surface area contributed by atoms with Crippen molar-refractivity contribution < 1.29 is 13.2 Å². The molecular formula is C21H28N2O3S. The van der Waals surface area contributed by atoms with Crippen molar-refractivity contribution in [3.63, 3.8) is 0 Å². The van der Waals surface area contributed by atoms with E-state index in [1.807, 2.05) is 63.2 Å². The van der Waals surface area contributed by atoms with Crippen LogP contribution in [0.15, 0.2) is 42.5 Å². The van der Waals surface area contributed by atoms with E-state index in [1.165, 1.54) is 10.6 Å². The molecule has 0 unspecified atom stereocenters. The number of nitrogens with one attached hydrogen (secondary N) is 1. The number of anilines is 1. The lowest BCUT2D eigenvalue weighted by Crippen LogP contribution is -2.39. The summed E-state index contributed by atoms with van der Waals surface area (Å²) in [5.74, 6) is -0.113. The molecule has 0 saturated carbocycles. The highest BCUT2D eigenvalue weighted by atomic mass is 32.2. The van der Waals surface area contributed by atoms with Crippen LogP contribution in [0.5, 0.6) is 0 Å². The van der Waals surface area contributed by atoms with Crippen LogP contribution in [0, 0.1) is 13.8 Å². The summed E-state index contributed by atoms with van der Waals surface area (Å²) in [4.78, 5) is 12.2. The van der Waals surface area contributed by atoms with Gasteiger partial charge in [0.25, 0.3) is 0 Å². The predicted molar refractivity (Wildman–Crippen MR) is 111 cm³/mol. The fourth-order valence-electron chi connectivity index (χ4n) is 3.15. The van der Waals surface area contributed by atoms with Crippen molar-refractivity contribution in [2.24, 2.45) is 0 Å². The molecule has 0 fully saturated rings. The number of amides is 1. The maximum Gasteiger partial charge on any atom is 0.232 e. The number of hydrogen-bond donors (Lipinski definition) is 1. The van der Waals surface area contributed by atoms with Crippen LogP contribution in [0.4, 0.5) is 5.69 Å². The average Bonchev–Trinajstić information content (AvgIpc) is 2.60. The minimum Gasteiger partial charge on any atom is -0.354 e. The Balaban J connectivity index is 2.09. The number of aryl methyl sites for hydroxylation is 3. The number of rotatable bonds is 8. The van der Waals surface area contributed by atoms with Crippen LogP contribution in [0.25, 0.3) is 0 Å². The van der Waals surface area contributed by atoms with Crippen molar-refractivity contribution in [2.75, 3.05) is 23.7 Å². The molecule has 2 aromatic rings. The highest BCUT2D eigenvalue weighted by Gasteiger charge is 2.21. The Labute approximate surface area is 162 Å². The number of para-hydroxylation sites is 1. The zero-order valence-corrected chi connectivity index (χ0v) is 17.3. The standard InChI is InChI=1S/C21H28N2O3S/c1-5-18-12-8-10-17(3)21(18)23(27(4,25)26)14-13-22-20(24)15-19-11-7-6-9-16(19)2/h6-12H,5,13-15H2,1-4H3,(H,22,24). The number of sulfonamides is 1. The van der Waals surface area contributed by atoms with E-state index >= 15 is 0 Å². The largest absolute Gasteiger partial charge is 0.354 e. The summed E-state index contributed by atoms with van der Waals surface area (Å²) in [6.07, 6.45) is 2.23. The second-order valence-corrected chi connectivity index (χ2v) is 8.63. The molecule has 2 rings (SSSR count). The van der Waals surface area contributed by atoms with Gasteiger partial charge in [0.1, 0.15) is 0 Å². The van der Waals surface area contributed by atoms with Gasteiger partial charge in [-0.2, -0.15) is 0 Å². The van der Waals surface area contributed by atoms with Crippen molar-refractivity contribution in [3.8, 4) is 0 Å². The first-order valence-corrected chi connectivity index (χ1v) is 11.0. The summed E-state index contributed by atoms with van der Waals surface area (Å²) < 4.78 is 26.2. The lowest BCUT2D eigenvalue weighted by atomic mass is 10.1. The van der Waals surface area contributed by atoms with E-state index < -0.39 is 10.0 Å². The van der Waals surface area contributed by atoms with Gasteiger partial charge in [0, 0.05) is 6.54 Å². The lowest BCUT2D eigenvalue weighted by molar-refractivity contribution is -0.120. The molecule has 0 heterocycles. The Morgan fingerprint density at radius 3 is 2.26 bits per heavy atom. The molecule has 0 radical (unpaired) electrons. The van der Waals surface area contributed by atoms with Crippen LogP contribution in [0.2, 0.25) is 0 Å². The molecule has 0 aliphatic carbocycles. The van der Waals surface area contributed by atoms with E-state index in [9.17, 15) is 13.2 Å². The maximum atomic E-state index is 12.4. The molecule has 2 aromatic carbocycles. The first-order chi connectivity index (χ1) is 12.7. The number of benzene rings is 2. The van der Waals surface area contributed by atoms with Crippen LogP contribution < -0.4 is 9.62 Å². The second kappa shape index (κ2) is 9.04. The monoisotopic (exact) mass is 388 g/mol. The van der Waals surface area contributed by atoms with Gasteiger partial charge in [-0.05, 0) is 42.5 Å². The molecule has 0 saturated heterocycles. The van der Waals surface area contributed by atoms with Gasteiger partial charge >= 0.3 is 0 Å². The van der Waals surface area contributed by atoms with Gasteiger partial charge < -0.3 is 5.32 Å². The Hall–Kier alpha value is -2.34. The van der Waals surface area contributed by atoms with Gasteiger partial charge in [-0.1, -0.05) is 49.4 Å². The Morgan fingerprint density at radius 2 is 1.63 bits per heavy atom. The summed E-state index contributed by atoms with van der Waals surface area (Å²) in [6, 6.07) is 13.5. The van der Waals surface area contributed by atoms with Gasteiger partial charge in [0.15, 0.2) is 0 Å². The molecule has 1 amide bonds. The van der Waals surface area contributed by atoms with Crippen LogP contribution in [-0.2, 0) is 27.7 Å². The Morgan fingerprint density at radius 1 is 1.00 bits per heavy atom. The topological polar surface area (TPSA) is 66.5 Å². The third-order valence-electron chi connectivity index (χ3n) is 4.60. The normalized spacial score (nSPS) is 11.3. The van der Waals surface area contributed by atoms with Crippen LogP contribution in [0.3, 0.4) is 0 Å². The quantitative estimate of drug-likeness (QED) is 0.756. The van der Waals surface area contributed by atoms with E-state index in [-0.39, 0.29) is 25.4 Å². The summed E-state index contributed by atoms with van der Waals surface area (Å²) in [7, 11) is -3.45. The van der Waals surface area contributed by atoms with Crippen LogP contribution in [-0.4, -0.2) is 33.7 Å². The van der Waals surface area contributed by atoms with Gasteiger partial charge in [-0.3, -0.25) is 9.10 Å². The van der Waals surface area contributed by atoms with E-state index in [4.69, 9.17) is 0 Å². The molecule has 5 nitrogen and oxygen atoms in total. The number of hydrogen-bond acceptors (Lipinski definition) is 3. The third-order valence-corrected chi connectivity index (χ3v) is 5.77. The van der Waals surface area contributed by atoms with Gasteiger partial charge in [0.2, 0.25) is 15.9 Å². The highest BCUT2D eigenvalue weighted by molar-refractivity contribution is 7.92. The van der Waals surface area contributed by atoms with Gasteiger partial charge in [-0.25, -0.2) is 8.42 Å². The first kappa shape index (κ1) is 21.0. The van der Waals surface area contributed by atoms with E-state index in [1.54, 1.807) is 0 Å². The zero-order valence-electron chi connectivity index (χ0n) is 16.5. The number of nitrogens with zero attached hydrogens (tertiary/aromatic N) is 1. The Bertz CT molecular complexity index is 907. The fourth-order valence-corrected chi connectivity index (χ4v) is 4.16. The molecule has 146 valence electrons. The summed E-state index contributed by atoms with van der Waals surface area (Å²) in [6.45, 7) is 6.34. The zero-order chi connectivity index (χ0) is 20.0. The predicted octanol–water partition coefficient (Wildman–Crippen LogP) is 2.99. The molecule has 0 bridgehead atoms. The number of carbonyl (C=O) groups excluding carboxylic acids is 1. The minimum atomic E-state index is -3.45. The molecule has 0 aromatic heterocycles. The van der Waals surface area contributed by atoms with Crippen molar-refractivity contribution in [3.05, 3.63) is 64.7 Å². The highest BCUT2D eigenvalue weighted by Crippen LogP contribution is 2.27. The molecule has 0 atom stereocenters. The van der Waals surface area contributed by atoms with Gasteiger partial charge in [0.05, 0.1) is 24.9 Å². The molecule has 0 aliphatic heterocycles. The maximum absolute atomic E-state index is 12.4. The lowest BCUT2D eigenvalue weighted by Gasteiger charge is -2.26. The van der Waals surface area contributed by atoms with Crippen molar-refractivity contribution in [2.45, 2.75) is 33.6 Å². The Kier molecular flexibility index (Phi) is 7.02.